The molecule has 0 aliphatic rings. The fourth-order valence-corrected chi connectivity index (χ4v) is 3.99. The van der Waals surface area contributed by atoms with Crippen LogP contribution in [0.15, 0.2) is 88.9 Å². The molecule has 0 saturated heterocycles. The summed E-state index contributed by atoms with van der Waals surface area (Å²) in [6, 6.07) is 26.8. The number of hydrogen-bond donors (Lipinski definition) is 1. The Bertz CT molecular complexity index is 1450. The van der Waals surface area contributed by atoms with Crippen molar-refractivity contribution in [3.05, 3.63) is 106 Å². The fraction of sp³-hybridized carbons (Fsp3) is 0.103. The van der Waals surface area contributed by atoms with Gasteiger partial charge in [0.1, 0.15) is 18.2 Å². The number of nitrogens with one attached hydrogen (secondary N) is 1. The van der Waals surface area contributed by atoms with E-state index in [4.69, 9.17) is 9.47 Å². The zero-order valence-corrected chi connectivity index (χ0v) is 20.9. The molecule has 0 spiro atoms. The van der Waals surface area contributed by atoms with Gasteiger partial charge in [-0.05, 0) is 71.3 Å². The molecule has 4 aromatic carbocycles. The van der Waals surface area contributed by atoms with E-state index in [0.717, 1.165) is 26.4 Å². The number of methoxy groups -OCH3 is 1. The van der Waals surface area contributed by atoms with Crippen molar-refractivity contribution in [2.24, 2.45) is 0 Å². The summed E-state index contributed by atoms with van der Waals surface area (Å²) in [7, 11) is 1.56. The van der Waals surface area contributed by atoms with Crippen LogP contribution in [-0.4, -0.2) is 13.0 Å². The van der Waals surface area contributed by atoms with E-state index in [1.54, 1.807) is 37.4 Å². The van der Waals surface area contributed by atoms with E-state index >= 15 is 0 Å². The van der Waals surface area contributed by atoms with Gasteiger partial charge >= 0.3 is 0 Å². The molecule has 35 heavy (non-hydrogen) atoms. The van der Waals surface area contributed by atoms with Crippen LogP contribution in [0.2, 0.25) is 0 Å². The first-order valence-electron chi connectivity index (χ1n) is 11.0. The first-order chi connectivity index (χ1) is 17.0. The summed E-state index contributed by atoms with van der Waals surface area (Å²) in [5, 5.41) is 14.6. The number of carbonyl (C=O) groups excluding carboxylic acids is 1. The van der Waals surface area contributed by atoms with Crippen molar-refractivity contribution < 1.29 is 14.3 Å². The number of benzene rings is 4. The summed E-state index contributed by atoms with van der Waals surface area (Å²) in [5.74, 6) is 0.609. The van der Waals surface area contributed by atoms with E-state index in [1.165, 1.54) is 6.08 Å². The zero-order valence-electron chi connectivity index (χ0n) is 19.3. The summed E-state index contributed by atoms with van der Waals surface area (Å²) in [4.78, 5) is 12.6. The molecule has 0 bridgehead atoms. The molecule has 6 heteroatoms. The van der Waals surface area contributed by atoms with Crippen molar-refractivity contribution >= 4 is 44.4 Å². The quantitative estimate of drug-likeness (QED) is 0.207. The molecule has 0 unspecified atom stereocenters. The van der Waals surface area contributed by atoms with E-state index in [1.807, 2.05) is 30.3 Å². The number of nitrogens with zero attached hydrogens (tertiary/aromatic N) is 1. The largest absolute Gasteiger partial charge is 0.493 e. The molecule has 174 valence electrons. The first-order valence-corrected chi connectivity index (χ1v) is 11.7. The molecular formula is C29H23BrN2O3. The van der Waals surface area contributed by atoms with Crippen molar-refractivity contribution in [3.63, 3.8) is 0 Å². The minimum atomic E-state index is -0.486. The first kappa shape index (κ1) is 24.1. The van der Waals surface area contributed by atoms with Gasteiger partial charge in [0, 0.05) is 15.7 Å². The van der Waals surface area contributed by atoms with E-state index in [9.17, 15) is 10.1 Å². The lowest BCUT2D eigenvalue weighted by atomic mass is 10.0. The van der Waals surface area contributed by atoms with Crippen molar-refractivity contribution in [2.75, 3.05) is 12.4 Å². The van der Waals surface area contributed by atoms with Gasteiger partial charge in [0.25, 0.3) is 5.91 Å². The van der Waals surface area contributed by atoms with Crippen LogP contribution in [0.3, 0.4) is 0 Å². The Morgan fingerprint density at radius 2 is 1.80 bits per heavy atom. The van der Waals surface area contributed by atoms with Gasteiger partial charge in [-0.3, -0.25) is 4.79 Å². The number of halogens is 1. The van der Waals surface area contributed by atoms with Crippen LogP contribution in [0, 0.1) is 18.3 Å². The van der Waals surface area contributed by atoms with Crippen LogP contribution in [0.1, 0.15) is 16.7 Å². The highest BCUT2D eigenvalue weighted by Crippen LogP contribution is 2.31. The van der Waals surface area contributed by atoms with Crippen molar-refractivity contribution in [2.45, 2.75) is 13.5 Å². The second-order valence-corrected chi connectivity index (χ2v) is 8.83. The van der Waals surface area contributed by atoms with E-state index in [0.29, 0.717) is 29.4 Å². The molecule has 0 heterocycles. The second kappa shape index (κ2) is 10.9. The van der Waals surface area contributed by atoms with Crippen molar-refractivity contribution in [1.29, 1.82) is 5.26 Å². The normalized spacial score (nSPS) is 11.1. The van der Waals surface area contributed by atoms with Gasteiger partial charge in [-0.1, -0.05) is 58.4 Å². The molecular weight excluding hydrogens is 504 g/mol. The summed E-state index contributed by atoms with van der Waals surface area (Å²) < 4.78 is 12.6. The standard InChI is InChI=1S/C29H23BrN2O3/c1-19-7-9-21-5-3-4-6-25(21)26(19)18-35-27-14-8-20(16-28(27)34-2)15-22(17-31)29(33)32-24-12-10-23(30)11-13-24/h3-16H,18H2,1-2H3,(H,32,33)/b22-15+. The summed E-state index contributed by atoms with van der Waals surface area (Å²) in [5.41, 5.74) is 3.50. The van der Waals surface area contributed by atoms with Gasteiger partial charge in [0.2, 0.25) is 0 Å². The maximum atomic E-state index is 12.6. The molecule has 1 N–H and O–H groups in total. The number of fused-ring (bicyclic) bond motifs is 1. The average molecular weight is 527 g/mol. The lowest BCUT2D eigenvalue weighted by Gasteiger charge is -2.14. The smallest absolute Gasteiger partial charge is 0.266 e. The maximum Gasteiger partial charge on any atom is 0.266 e. The van der Waals surface area contributed by atoms with Crippen LogP contribution in [0.4, 0.5) is 5.69 Å². The minimum Gasteiger partial charge on any atom is -0.493 e. The Morgan fingerprint density at radius 3 is 2.54 bits per heavy atom. The Labute approximate surface area is 212 Å². The van der Waals surface area contributed by atoms with Gasteiger partial charge < -0.3 is 14.8 Å². The van der Waals surface area contributed by atoms with Crippen molar-refractivity contribution in [1.82, 2.24) is 0 Å². The highest BCUT2D eigenvalue weighted by atomic mass is 79.9. The zero-order chi connectivity index (χ0) is 24.8. The number of rotatable bonds is 7. The Balaban J connectivity index is 1.53. The predicted octanol–water partition coefficient (Wildman–Crippen LogP) is 7.04. The van der Waals surface area contributed by atoms with Crippen molar-refractivity contribution in [3.8, 4) is 17.6 Å². The van der Waals surface area contributed by atoms with Gasteiger partial charge in [0.15, 0.2) is 11.5 Å². The maximum absolute atomic E-state index is 12.6. The molecule has 0 atom stereocenters. The number of nitriles is 1. The molecule has 4 aromatic rings. The predicted molar refractivity (Wildman–Crippen MR) is 142 cm³/mol. The molecule has 0 aromatic heterocycles. The molecule has 0 aliphatic carbocycles. The SMILES string of the molecule is COc1cc(/C=C(\C#N)C(=O)Nc2ccc(Br)cc2)ccc1OCc1c(C)ccc2ccccc12. The molecule has 5 nitrogen and oxygen atoms in total. The third-order valence-corrected chi connectivity index (χ3v) is 6.14. The van der Waals surface area contributed by atoms with Gasteiger partial charge in [-0.2, -0.15) is 5.26 Å². The minimum absolute atomic E-state index is 0.0185. The lowest BCUT2D eigenvalue weighted by Crippen LogP contribution is -2.13. The summed E-state index contributed by atoms with van der Waals surface area (Å²) in [6.07, 6.45) is 1.52. The number of anilines is 1. The molecule has 0 radical (unpaired) electrons. The number of hydrogen-bond acceptors (Lipinski definition) is 4. The topological polar surface area (TPSA) is 71.3 Å². The molecule has 0 saturated carbocycles. The second-order valence-electron chi connectivity index (χ2n) is 7.91. The highest BCUT2D eigenvalue weighted by molar-refractivity contribution is 9.10. The van der Waals surface area contributed by atoms with Gasteiger partial charge in [-0.25, -0.2) is 0 Å². The third-order valence-electron chi connectivity index (χ3n) is 5.61. The summed E-state index contributed by atoms with van der Waals surface area (Å²) >= 11 is 3.36. The van der Waals surface area contributed by atoms with E-state index in [2.05, 4.69) is 52.4 Å². The third kappa shape index (κ3) is 5.71. The monoisotopic (exact) mass is 526 g/mol. The van der Waals surface area contributed by atoms with Crippen LogP contribution in [-0.2, 0) is 11.4 Å². The van der Waals surface area contributed by atoms with Crippen LogP contribution in [0.25, 0.3) is 16.8 Å². The average Bonchev–Trinajstić information content (AvgIpc) is 2.88. The highest BCUT2D eigenvalue weighted by Gasteiger charge is 2.12. The Kier molecular flexibility index (Phi) is 7.49. The van der Waals surface area contributed by atoms with Crippen LogP contribution < -0.4 is 14.8 Å². The number of carbonyl (C=O) groups is 1. The van der Waals surface area contributed by atoms with Gasteiger partial charge in [-0.15, -0.1) is 0 Å². The molecule has 4 rings (SSSR count). The lowest BCUT2D eigenvalue weighted by molar-refractivity contribution is -0.112. The van der Waals surface area contributed by atoms with Crippen LogP contribution in [0.5, 0.6) is 11.5 Å². The fourth-order valence-electron chi connectivity index (χ4n) is 3.73. The van der Waals surface area contributed by atoms with E-state index in [-0.39, 0.29) is 5.57 Å². The molecule has 0 fully saturated rings. The van der Waals surface area contributed by atoms with Gasteiger partial charge in [0.05, 0.1) is 7.11 Å². The Hall–Kier alpha value is -4.08. The van der Waals surface area contributed by atoms with Crippen LogP contribution >= 0.6 is 15.9 Å². The van der Waals surface area contributed by atoms with E-state index < -0.39 is 5.91 Å². The number of aryl methyl sites for hydroxylation is 1. The number of amides is 1. The molecule has 1 amide bonds. The number of ether oxygens (including phenoxy) is 2. The Morgan fingerprint density at radius 1 is 1.03 bits per heavy atom. The molecule has 0 aliphatic heterocycles. The summed E-state index contributed by atoms with van der Waals surface area (Å²) in [6.45, 7) is 2.46.